The van der Waals surface area contributed by atoms with Crippen LogP contribution in [0.25, 0.3) is 0 Å². The van der Waals surface area contributed by atoms with Crippen molar-refractivity contribution in [3.05, 3.63) is 78.8 Å². The highest BCUT2D eigenvalue weighted by molar-refractivity contribution is 7.90. The van der Waals surface area contributed by atoms with Crippen LogP contribution in [0.5, 0.6) is 17.4 Å². The van der Waals surface area contributed by atoms with Crippen molar-refractivity contribution in [2.24, 2.45) is 0 Å². The first-order valence-electron chi connectivity index (χ1n) is 11.0. The van der Waals surface area contributed by atoms with Crippen LogP contribution in [0.1, 0.15) is 19.4 Å². The van der Waals surface area contributed by atoms with Gasteiger partial charge in [-0.15, -0.1) is 0 Å². The molecule has 0 fully saturated rings. The first-order chi connectivity index (χ1) is 17.1. The van der Waals surface area contributed by atoms with Gasteiger partial charge in [0.25, 0.3) is 5.88 Å². The number of likely N-dealkylation sites (N-methyl/N-ethyl adjacent to an activating group) is 1. The third kappa shape index (κ3) is 9.53. The van der Waals surface area contributed by atoms with Crippen LogP contribution in [0.2, 0.25) is 0 Å². The van der Waals surface area contributed by atoms with E-state index in [4.69, 9.17) is 9.47 Å². The maximum absolute atomic E-state index is 14.3. The van der Waals surface area contributed by atoms with E-state index < -0.39 is 15.7 Å². The Balaban J connectivity index is 0.00000481. The van der Waals surface area contributed by atoms with Crippen molar-refractivity contribution in [2.45, 2.75) is 20.4 Å². The van der Waals surface area contributed by atoms with Gasteiger partial charge < -0.3 is 19.7 Å². The topological polar surface area (TPSA) is 111 Å². The van der Waals surface area contributed by atoms with Crippen molar-refractivity contribution in [1.29, 1.82) is 0 Å². The minimum atomic E-state index is -3.04. The van der Waals surface area contributed by atoms with Gasteiger partial charge in [-0.25, -0.2) is 13.4 Å². The zero-order valence-corrected chi connectivity index (χ0v) is 20.8. The van der Waals surface area contributed by atoms with E-state index in [1.807, 2.05) is 0 Å². The number of ether oxygens (including phenoxy) is 2. The number of carbonyl (C=O) groups is 1. The van der Waals surface area contributed by atoms with Gasteiger partial charge in [0.15, 0.2) is 0 Å². The third-order valence-corrected chi connectivity index (χ3v) is 5.87. The molecule has 3 rings (SSSR count). The summed E-state index contributed by atoms with van der Waals surface area (Å²) in [6, 6.07) is 13.8. The fourth-order valence-electron chi connectivity index (χ4n) is 3.07. The molecule has 37 heavy (non-hydrogen) atoms. The molecule has 0 bridgehead atoms. The van der Waals surface area contributed by atoms with E-state index in [-0.39, 0.29) is 37.5 Å². The Morgan fingerprint density at radius 1 is 1.19 bits per heavy atom. The van der Waals surface area contributed by atoms with Gasteiger partial charge in [-0.3, -0.25) is 4.79 Å². The molecule has 0 aliphatic rings. The molecule has 198 valence electrons. The van der Waals surface area contributed by atoms with E-state index in [9.17, 15) is 17.6 Å². The summed E-state index contributed by atoms with van der Waals surface area (Å²) in [5.74, 6) is -0.121. The van der Waals surface area contributed by atoms with Gasteiger partial charge in [-0.1, -0.05) is 32.2 Å². The molecule has 9 nitrogen and oxygen atoms in total. The van der Waals surface area contributed by atoms with Crippen molar-refractivity contribution < 1.29 is 27.1 Å². The van der Waals surface area contributed by atoms with Gasteiger partial charge in [0, 0.05) is 31.6 Å². The number of benzene rings is 2. The third-order valence-electron chi connectivity index (χ3n) is 4.84. The second-order valence-electron chi connectivity index (χ2n) is 7.98. The molecule has 2 aromatic carbocycles. The zero-order chi connectivity index (χ0) is 26.1. The van der Waals surface area contributed by atoms with Gasteiger partial charge in [-0.2, -0.15) is 9.37 Å². The highest BCUT2D eigenvalue weighted by atomic mass is 32.2. The summed E-state index contributed by atoms with van der Waals surface area (Å²) in [6.07, 6.45) is 3.80. The van der Waals surface area contributed by atoms with Crippen LogP contribution in [0.4, 0.5) is 16.0 Å². The lowest BCUT2D eigenvalue weighted by Crippen LogP contribution is -2.23. The molecule has 11 heteroatoms. The number of nitrogens with zero attached hydrogens (tertiary/aromatic N) is 3. The number of carbonyl (C=O) groups excluding carboxylic acids is 1. The van der Waals surface area contributed by atoms with Crippen LogP contribution < -0.4 is 14.8 Å². The Bertz CT molecular complexity index is 1320. The van der Waals surface area contributed by atoms with E-state index in [2.05, 4.69) is 21.9 Å². The summed E-state index contributed by atoms with van der Waals surface area (Å²) in [6.45, 7) is 4.11. The van der Waals surface area contributed by atoms with Gasteiger partial charge >= 0.3 is 0 Å². The monoisotopic (exact) mass is 530 g/mol. The molecule has 1 amide bonds. The Hall–Kier alpha value is -3.99. The molecular formula is C26H31FN4O5S. The predicted octanol–water partition coefficient (Wildman–Crippen LogP) is 4.75. The SMILES string of the molecule is C.C=CC(=O)N(C)Cc1ccc(Oc2nc(Nc3cccc(OCCCS(C)(=O)=O)c3)ncc2F)cc1. The maximum atomic E-state index is 14.3. The summed E-state index contributed by atoms with van der Waals surface area (Å²) < 4.78 is 47.9. The van der Waals surface area contributed by atoms with E-state index in [0.29, 0.717) is 30.2 Å². The van der Waals surface area contributed by atoms with Crippen LogP contribution in [-0.4, -0.2) is 54.9 Å². The summed E-state index contributed by atoms with van der Waals surface area (Å²) in [5.41, 5.74) is 1.46. The standard InChI is InChI=1S/C25H27FN4O5S.CH4/c1-4-23(31)30(2)17-18-9-11-20(12-10-18)35-24-22(26)16-27-25(29-24)28-19-7-5-8-21(15-19)34-13-6-14-36(3,32)33;/h4-5,7-12,15-16H,1,6,13-14,17H2,2-3H3,(H,27,28,29);1H4. The number of anilines is 2. The fraction of sp³-hybridized carbons (Fsp3) is 0.269. The molecule has 0 saturated heterocycles. The number of nitrogens with one attached hydrogen (secondary N) is 1. The average molecular weight is 531 g/mol. The van der Waals surface area contributed by atoms with Gasteiger partial charge in [0.05, 0.1) is 18.6 Å². The first kappa shape index (κ1) is 29.2. The summed E-state index contributed by atoms with van der Waals surface area (Å²) in [4.78, 5) is 21.2. The molecule has 0 atom stereocenters. The summed E-state index contributed by atoms with van der Waals surface area (Å²) >= 11 is 0. The highest BCUT2D eigenvalue weighted by Gasteiger charge is 2.11. The van der Waals surface area contributed by atoms with Crippen LogP contribution in [-0.2, 0) is 21.2 Å². The van der Waals surface area contributed by atoms with Gasteiger partial charge in [0.2, 0.25) is 17.7 Å². The summed E-state index contributed by atoms with van der Waals surface area (Å²) in [7, 11) is -1.37. The zero-order valence-electron chi connectivity index (χ0n) is 20.0. The fourth-order valence-corrected chi connectivity index (χ4v) is 3.71. The number of hydrogen-bond acceptors (Lipinski definition) is 8. The van der Waals surface area contributed by atoms with E-state index in [1.165, 1.54) is 17.2 Å². The van der Waals surface area contributed by atoms with Crippen molar-refractivity contribution in [3.63, 3.8) is 0 Å². The minimum Gasteiger partial charge on any atom is -0.493 e. The average Bonchev–Trinajstić information content (AvgIpc) is 2.84. The molecule has 0 unspecified atom stereocenters. The van der Waals surface area contributed by atoms with Crippen LogP contribution in [0.15, 0.2) is 67.4 Å². The molecule has 3 aromatic rings. The van der Waals surface area contributed by atoms with Crippen molar-refractivity contribution in [3.8, 4) is 17.4 Å². The van der Waals surface area contributed by atoms with E-state index in [0.717, 1.165) is 11.8 Å². The molecular weight excluding hydrogens is 499 g/mol. The molecule has 0 spiro atoms. The van der Waals surface area contributed by atoms with Gasteiger partial charge in [0.1, 0.15) is 21.3 Å². The Morgan fingerprint density at radius 3 is 2.59 bits per heavy atom. The van der Waals surface area contributed by atoms with Crippen molar-refractivity contribution in [1.82, 2.24) is 14.9 Å². The lowest BCUT2D eigenvalue weighted by Gasteiger charge is -2.15. The Morgan fingerprint density at radius 2 is 1.92 bits per heavy atom. The number of halogens is 1. The summed E-state index contributed by atoms with van der Waals surface area (Å²) in [5, 5.41) is 2.97. The first-order valence-corrected chi connectivity index (χ1v) is 13.0. The molecule has 1 aromatic heterocycles. The second kappa shape index (κ2) is 13.4. The molecule has 1 N–H and O–H groups in total. The maximum Gasteiger partial charge on any atom is 0.260 e. The smallest absolute Gasteiger partial charge is 0.260 e. The Labute approximate surface area is 216 Å². The van der Waals surface area contributed by atoms with E-state index >= 15 is 0 Å². The number of rotatable bonds is 12. The van der Waals surface area contributed by atoms with Gasteiger partial charge in [-0.05, 0) is 42.3 Å². The second-order valence-corrected chi connectivity index (χ2v) is 10.2. The van der Waals surface area contributed by atoms with Crippen LogP contribution in [0, 0.1) is 5.82 Å². The van der Waals surface area contributed by atoms with E-state index in [1.54, 1.807) is 55.6 Å². The molecule has 0 aliphatic carbocycles. The molecule has 0 saturated carbocycles. The Kier molecular flexibility index (Phi) is 10.6. The van der Waals surface area contributed by atoms with Crippen molar-refractivity contribution >= 4 is 27.4 Å². The lowest BCUT2D eigenvalue weighted by molar-refractivity contribution is -0.125. The highest BCUT2D eigenvalue weighted by Crippen LogP contribution is 2.25. The molecule has 1 heterocycles. The quantitative estimate of drug-likeness (QED) is 0.264. The molecule has 0 aliphatic heterocycles. The van der Waals surface area contributed by atoms with Crippen LogP contribution >= 0.6 is 0 Å². The molecule has 0 radical (unpaired) electrons. The van der Waals surface area contributed by atoms with Crippen LogP contribution in [0.3, 0.4) is 0 Å². The number of sulfone groups is 1. The number of hydrogen-bond donors (Lipinski definition) is 1. The predicted molar refractivity (Wildman–Crippen MR) is 141 cm³/mol. The minimum absolute atomic E-state index is 0. The lowest BCUT2D eigenvalue weighted by atomic mass is 10.2. The number of aromatic nitrogens is 2. The normalized spacial score (nSPS) is 10.7. The van der Waals surface area contributed by atoms with Crippen molar-refractivity contribution in [2.75, 3.05) is 31.0 Å². The largest absolute Gasteiger partial charge is 0.493 e. The number of amides is 1.